The van der Waals surface area contributed by atoms with E-state index in [4.69, 9.17) is 5.73 Å². The Balaban J connectivity index is 1.82. The van der Waals surface area contributed by atoms with Crippen LogP contribution in [0.1, 0.15) is 48.5 Å². The van der Waals surface area contributed by atoms with Crippen molar-refractivity contribution in [3.05, 3.63) is 29.3 Å². The molecule has 0 spiro atoms. The number of anilines is 1. The van der Waals surface area contributed by atoms with E-state index in [-0.39, 0.29) is 5.91 Å². The fourth-order valence-electron chi connectivity index (χ4n) is 2.59. The van der Waals surface area contributed by atoms with Crippen molar-refractivity contribution in [2.75, 3.05) is 25.0 Å². The number of carbonyl (C=O) groups is 1. The molecule has 1 atom stereocenters. The number of nitrogens with one attached hydrogen (secondary N) is 2. The molecule has 0 saturated heterocycles. The molecule has 1 unspecified atom stereocenters. The third-order valence-electron chi connectivity index (χ3n) is 3.96. The molecule has 1 amide bonds. The lowest BCUT2D eigenvalue weighted by Crippen LogP contribution is -2.28. The summed E-state index contributed by atoms with van der Waals surface area (Å²) >= 11 is 1.61. The maximum absolute atomic E-state index is 12.4. The van der Waals surface area contributed by atoms with Crippen LogP contribution in [-0.2, 0) is 0 Å². The SMILES string of the molecule is Cc1cc(NCCCCCCN)ccc1C(=O)NC1=NCC(C)S1. The molecule has 1 aliphatic heterocycles. The minimum atomic E-state index is -0.0822. The Morgan fingerprint density at radius 2 is 2.12 bits per heavy atom. The van der Waals surface area contributed by atoms with E-state index in [1.54, 1.807) is 11.8 Å². The second kappa shape index (κ2) is 9.69. The van der Waals surface area contributed by atoms with Gasteiger partial charge in [-0.15, -0.1) is 0 Å². The molecule has 0 aromatic heterocycles. The minimum absolute atomic E-state index is 0.0822. The highest BCUT2D eigenvalue weighted by atomic mass is 32.2. The quantitative estimate of drug-likeness (QED) is 0.631. The molecule has 1 aromatic carbocycles. The predicted molar refractivity (Wildman–Crippen MR) is 104 cm³/mol. The molecule has 132 valence electrons. The van der Waals surface area contributed by atoms with Gasteiger partial charge in [0.25, 0.3) is 5.91 Å². The van der Waals surface area contributed by atoms with Crippen molar-refractivity contribution in [3.8, 4) is 0 Å². The van der Waals surface area contributed by atoms with Crippen molar-refractivity contribution < 1.29 is 4.79 Å². The van der Waals surface area contributed by atoms with Crippen molar-refractivity contribution in [3.63, 3.8) is 0 Å². The van der Waals surface area contributed by atoms with E-state index in [9.17, 15) is 4.79 Å². The molecule has 0 bridgehead atoms. The summed E-state index contributed by atoms with van der Waals surface area (Å²) in [4.78, 5) is 16.7. The average molecular weight is 349 g/mol. The highest BCUT2D eigenvalue weighted by Gasteiger charge is 2.18. The summed E-state index contributed by atoms with van der Waals surface area (Å²) in [6, 6.07) is 5.88. The highest BCUT2D eigenvalue weighted by molar-refractivity contribution is 8.14. The van der Waals surface area contributed by atoms with Gasteiger partial charge in [0.1, 0.15) is 0 Å². The Morgan fingerprint density at radius 3 is 2.79 bits per heavy atom. The van der Waals surface area contributed by atoms with E-state index < -0.39 is 0 Å². The second-order valence-corrected chi connectivity index (χ2v) is 7.61. The van der Waals surface area contributed by atoms with Crippen LogP contribution >= 0.6 is 11.8 Å². The Labute approximate surface area is 148 Å². The molecule has 1 aromatic rings. The van der Waals surface area contributed by atoms with E-state index in [1.165, 1.54) is 12.8 Å². The fourth-order valence-corrected chi connectivity index (χ4v) is 3.42. The third-order valence-corrected chi connectivity index (χ3v) is 4.96. The van der Waals surface area contributed by atoms with Crippen molar-refractivity contribution in [2.24, 2.45) is 10.7 Å². The number of nitrogens with zero attached hydrogens (tertiary/aromatic N) is 1. The van der Waals surface area contributed by atoms with Crippen LogP contribution in [0.15, 0.2) is 23.2 Å². The van der Waals surface area contributed by atoms with Crippen molar-refractivity contribution in [1.29, 1.82) is 0 Å². The van der Waals surface area contributed by atoms with Crippen molar-refractivity contribution >= 4 is 28.5 Å². The Hall–Kier alpha value is -1.53. The number of thioether (sulfide) groups is 1. The zero-order valence-electron chi connectivity index (χ0n) is 14.6. The average Bonchev–Trinajstić information content (AvgIpc) is 2.95. The van der Waals surface area contributed by atoms with Gasteiger partial charge in [-0.3, -0.25) is 9.79 Å². The number of unbranched alkanes of at least 4 members (excludes halogenated alkanes) is 3. The van der Waals surface area contributed by atoms with E-state index in [1.807, 2.05) is 25.1 Å². The Bertz CT molecular complexity index is 588. The van der Waals surface area contributed by atoms with Crippen LogP contribution in [0.2, 0.25) is 0 Å². The lowest BCUT2D eigenvalue weighted by atomic mass is 10.1. The first kappa shape index (κ1) is 18.8. The number of hydrogen-bond acceptors (Lipinski definition) is 5. The van der Waals surface area contributed by atoms with Crippen LogP contribution in [0, 0.1) is 6.92 Å². The first-order valence-corrected chi connectivity index (χ1v) is 9.55. The van der Waals surface area contributed by atoms with Crippen LogP contribution < -0.4 is 16.4 Å². The largest absolute Gasteiger partial charge is 0.385 e. The summed E-state index contributed by atoms with van der Waals surface area (Å²) in [5.74, 6) is -0.0822. The first-order valence-electron chi connectivity index (χ1n) is 8.67. The standard InChI is InChI=1S/C18H28N4OS/c1-13-11-15(20-10-6-4-3-5-9-19)7-8-16(13)17(23)22-18-21-12-14(2)24-18/h7-8,11,14,20H,3-6,9-10,12,19H2,1-2H3,(H,21,22,23). The smallest absolute Gasteiger partial charge is 0.257 e. The van der Waals surface area contributed by atoms with Crippen LogP contribution in [0.4, 0.5) is 5.69 Å². The van der Waals surface area contributed by atoms with E-state index in [0.717, 1.165) is 48.9 Å². The van der Waals surface area contributed by atoms with E-state index in [0.29, 0.717) is 10.8 Å². The number of aryl methyl sites for hydroxylation is 1. The molecule has 0 aliphatic carbocycles. The third kappa shape index (κ3) is 5.83. The highest BCUT2D eigenvalue weighted by Crippen LogP contribution is 2.20. The number of carbonyl (C=O) groups excluding carboxylic acids is 1. The number of rotatable bonds is 8. The van der Waals surface area contributed by atoms with Crippen molar-refractivity contribution in [2.45, 2.75) is 44.8 Å². The van der Waals surface area contributed by atoms with E-state index >= 15 is 0 Å². The van der Waals surface area contributed by atoms with Gasteiger partial charge < -0.3 is 16.4 Å². The maximum Gasteiger partial charge on any atom is 0.257 e. The number of hydrogen-bond donors (Lipinski definition) is 3. The molecular formula is C18H28N4OS. The Kier molecular flexibility index (Phi) is 7.59. The van der Waals surface area contributed by atoms with Gasteiger partial charge in [0, 0.05) is 23.0 Å². The molecule has 0 radical (unpaired) electrons. The topological polar surface area (TPSA) is 79.5 Å². The van der Waals surface area contributed by atoms with Gasteiger partial charge in [-0.25, -0.2) is 0 Å². The van der Waals surface area contributed by atoms with Gasteiger partial charge in [-0.2, -0.15) is 0 Å². The number of amidine groups is 1. The minimum Gasteiger partial charge on any atom is -0.385 e. The lowest BCUT2D eigenvalue weighted by Gasteiger charge is -2.11. The number of nitrogens with two attached hydrogens (primary N) is 1. The normalized spacial score (nSPS) is 16.8. The summed E-state index contributed by atoms with van der Waals surface area (Å²) in [6.07, 6.45) is 4.63. The summed E-state index contributed by atoms with van der Waals surface area (Å²) in [5.41, 5.74) is 8.22. The summed E-state index contributed by atoms with van der Waals surface area (Å²) in [7, 11) is 0. The van der Waals surface area contributed by atoms with Gasteiger partial charge >= 0.3 is 0 Å². The van der Waals surface area contributed by atoms with Crippen molar-refractivity contribution in [1.82, 2.24) is 5.32 Å². The molecular weight excluding hydrogens is 320 g/mol. The molecule has 5 nitrogen and oxygen atoms in total. The van der Waals surface area contributed by atoms with Gasteiger partial charge in [-0.1, -0.05) is 31.5 Å². The number of amides is 1. The van der Waals surface area contributed by atoms with Gasteiger partial charge in [0.2, 0.25) is 0 Å². The molecule has 1 aliphatic rings. The summed E-state index contributed by atoms with van der Waals surface area (Å²) < 4.78 is 0. The molecule has 0 fully saturated rings. The van der Waals surface area contributed by atoms with E-state index in [2.05, 4.69) is 22.5 Å². The van der Waals surface area contributed by atoms with Crippen LogP contribution in [-0.4, -0.2) is 36.0 Å². The fraction of sp³-hybridized carbons (Fsp3) is 0.556. The molecule has 24 heavy (non-hydrogen) atoms. The van der Waals surface area contributed by atoms with Crippen LogP contribution in [0.3, 0.4) is 0 Å². The number of benzene rings is 1. The lowest BCUT2D eigenvalue weighted by molar-refractivity contribution is 0.0977. The second-order valence-electron chi connectivity index (χ2n) is 6.19. The predicted octanol–water partition coefficient (Wildman–Crippen LogP) is 3.15. The zero-order chi connectivity index (χ0) is 17.4. The molecule has 0 saturated carbocycles. The molecule has 4 N–H and O–H groups in total. The van der Waals surface area contributed by atoms with Gasteiger partial charge in [0.15, 0.2) is 5.17 Å². The first-order chi connectivity index (χ1) is 11.6. The van der Waals surface area contributed by atoms with Crippen LogP contribution in [0.25, 0.3) is 0 Å². The Morgan fingerprint density at radius 1 is 1.33 bits per heavy atom. The van der Waals surface area contributed by atoms with Gasteiger partial charge in [-0.05, 0) is 50.1 Å². The summed E-state index contributed by atoms with van der Waals surface area (Å²) in [5, 5.41) is 7.49. The number of aliphatic imine (C=N–C) groups is 1. The van der Waals surface area contributed by atoms with Crippen LogP contribution in [0.5, 0.6) is 0 Å². The molecule has 6 heteroatoms. The molecule has 1 heterocycles. The monoisotopic (exact) mass is 348 g/mol. The molecule has 2 rings (SSSR count). The van der Waals surface area contributed by atoms with Gasteiger partial charge in [0.05, 0.1) is 6.54 Å². The maximum atomic E-state index is 12.4. The summed E-state index contributed by atoms with van der Waals surface area (Å²) in [6.45, 7) is 6.57. The zero-order valence-corrected chi connectivity index (χ0v) is 15.4.